The maximum Gasteiger partial charge on any atom is 0.219 e. The van der Waals surface area contributed by atoms with Crippen LogP contribution in [-0.2, 0) is 14.2 Å². The van der Waals surface area contributed by atoms with Gasteiger partial charge in [0.05, 0.1) is 39.1 Å². The molecule has 0 unspecified atom stereocenters. The number of halogens is 1. The summed E-state index contributed by atoms with van der Waals surface area (Å²) in [4.78, 5) is 7.06. The van der Waals surface area contributed by atoms with Crippen LogP contribution in [0.5, 0.6) is 5.88 Å². The van der Waals surface area contributed by atoms with E-state index in [0.717, 1.165) is 12.4 Å². The Hall–Kier alpha value is -1.31. The van der Waals surface area contributed by atoms with Gasteiger partial charge in [0.1, 0.15) is 12.9 Å². The van der Waals surface area contributed by atoms with Crippen LogP contribution in [0.25, 0.3) is 0 Å². The van der Waals surface area contributed by atoms with Gasteiger partial charge in [-0.1, -0.05) is 0 Å². The molecule has 0 amide bonds. The molecule has 0 bridgehead atoms. The van der Waals surface area contributed by atoms with Crippen LogP contribution in [0.3, 0.4) is 0 Å². The zero-order valence-corrected chi connectivity index (χ0v) is 10.3. The Kier molecular flexibility index (Phi) is 7.94. The quantitative estimate of drug-likeness (QED) is 0.455. The van der Waals surface area contributed by atoms with Crippen LogP contribution in [0.15, 0.2) is 12.4 Å². The molecule has 1 heterocycles. The summed E-state index contributed by atoms with van der Waals surface area (Å²) in [6.45, 7) is 2.80. The van der Waals surface area contributed by atoms with E-state index in [0.29, 0.717) is 39.6 Å². The summed E-state index contributed by atoms with van der Waals surface area (Å²) in [5.41, 5.74) is 0. The van der Waals surface area contributed by atoms with Gasteiger partial charge in [0.2, 0.25) is 11.8 Å². The molecule has 0 aliphatic carbocycles. The summed E-state index contributed by atoms with van der Waals surface area (Å²) in [7, 11) is 1.62. The van der Waals surface area contributed by atoms with Gasteiger partial charge in [-0.15, -0.1) is 0 Å². The maximum absolute atomic E-state index is 12.7. The van der Waals surface area contributed by atoms with E-state index in [4.69, 9.17) is 18.9 Å². The number of ether oxygens (including phenoxy) is 4. The van der Waals surface area contributed by atoms with Crippen LogP contribution < -0.4 is 4.74 Å². The van der Waals surface area contributed by atoms with Gasteiger partial charge in [-0.05, 0) is 0 Å². The predicted molar refractivity (Wildman–Crippen MR) is 61.0 cm³/mol. The van der Waals surface area contributed by atoms with Crippen molar-refractivity contribution in [2.75, 3.05) is 46.8 Å². The predicted octanol–water partition coefficient (Wildman–Crippen LogP) is 0.674. The van der Waals surface area contributed by atoms with Gasteiger partial charge in [-0.3, -0.25) is 0 Å². The fourth-order valence-electron chi connectivity index (χ4n) is 1.07. The van der Waals surface area contributed by atoms with Crippen molar-refractivity contribution in [3.63, 3.8) is 0 Å². The monoisotopic (exact) mass is 260 g/mol. The van der Waals surface area contributed by atoms with E-state index in [-0.39, 0.29) is 5.88 Å². The van der Waals surface area contributed by atoms with Gasteiger partial charge in [-0.2, -0.15) is 4.39 Å². The first-order valence-corrected chi connectivity index (χ1v) is 5.57. The summed E-state index contributed by atoms with van der Waals surface area (Å²) in [5, 5.41) is 0. The fourth-order valence-corrected chi connectivity index (χ4v) is 1.07. The van der Waals surface area contributed by atoms with E-state index in [1.165, 1.54) is 0 Å². The third-order valence-corrected chi connectivity index (χ3v) is 1.89. The van der Waals surface area contributed by atoms with Crippen LogP contribution in [-0.4, -0.2) is 56.7 Å². The molecule has 18 heavy (non-hydrogen) atoms. The van der Waals surface area contributed by atoms with E-state index in [9.17, 15) is 4.39 Å². The van der Waals surface area contributed by atoms with Gasteiger partial charge < -0.3 is 18.9 Å². The smallest absolute Gasteiger partial charge is 0.219 e. The molecule has 0 aliphatic rings. The second kappa shape index (κ2) is 9.69. The lowest BCUT2D eigenvalue weighted by Crippen LogP contribution is -2.12. The molecule has 1 aromatic rings. The molecule has 0 saturated heterocycles. The molecule has 0 fully saturated rings. The first kappa shape index (κ1) is 14.7. The van der Waals surface area contributed by atoms with Gasteiger partial charge in [0.15, 0.2) is 0 Å². The largest absolute Gasteiger partial charge is 0.475 e. The van der Waals surface area contributed by atoms with Crippen LogP contribution in [0.2, 0.25) is 0 Å². The molecule has 6 nitrogen and oxygen atoms in total. The Labute approximate surface area is 105 Å². The third-order valence-electron chi connectivity index (χ3n) is 1.89. The molecule has 0 aromatic carbocycles. The zero-order chi connectivity index (χ0) is 13.1. The number of nitrogens with zero attached hydrogens (tertiary/aromatic N) is 2. The van der Waals surface area contributed by atoms with E-state index >= 15 is 0 Å². The Morgan fingerprint density at radius 3 is 2.33 bits per heavy atom. The number of hydrogen-bond donors (Lipinski definition) is 0. The van der Waals surface area contributed by atoms with E-state index in [2.05, 4.69) is 9.97 Å². The van der Waals surface area contributed by atoms with Crippen molar-refractivity contribution in [3.05, 3.63) is 18.3 Å². The van der Waals surface area contributed by atoms with Gasteiger partial charge >= 0.3 is 0 Å². The van der Waals surface area contributed by atoms with Crippen molar-refractivity contribution >= 4 is 0 Å². The molecular formula is C11H17FN2O4. The van der Waals surface area contributed by atoms with Crippen LogP contribution in [0.1, 0.15) is 0 Å². The minimum atomic E-state index is -0.618. The average molecular weight is 260 g/mol. The van der Waals surface area contributed by atoms with E-state index in [1.54, 1.807) is 7.11 Å². The molecule has 0 aliphatic heterocycles. The topological polar surface area (TPSA) is 62.7 Å². The van der Waals surface area contributed by atoms with E-state index in [1.807, 2.05) is 0 Å². The number of hydrogen-bond acceptors (Lipinski definition) is 6. The Bertz CT molecular complexity index is 328. The van der Waals surface area contributed by atoms with Crippen molar-refractivity contribution in [2.24, 2.45) is 0 Å². The van der Waals surface area contributed by atoms with Gasteiger partial charge in [0, 0.05) is 7.11 Å². The lowest BCUT2D eigenvalue weighted by Gasteiger charge is -2.06. The molecule has 1 rings (SSSR count). The molecule has 0 N–H and O–H groups in total. The summed E-state index contributed by atoms with van der Waals surface area (Å²) in [5.74, 6) is -0.421. The normalized spacial score (nSPS) is 10.6. The summed E-state index contributed by atoms with van der Waals surface area (Å²) in [6, 6.07) is 1.12. The van der Waals surface area contributed by atoms with E-state index < -0.39 is 5.95 Å². The molecule has 0 spiro atoms. The van der Waals surface area contributed by atoms with Crippen LogP contribution in [0, 0.1) is 5.95 Å². The lowest BCUT2D eigenvalue weighted by molar-refractivity contribution is 0.0176. The highest BCUT2D eigenvalue weighted by Gasteiger charge is 1.98. The van der Waals surface area contributed by atoms with Crippen molar-refractivity contribution < 1.29 is 23.3 Å². The first-order valence-electron chi connectivity index (χ1n) is 5.57. The molecule has 0 atom stereocenters. The second-order valence-corrected chi connectivity index (χ2v) is 3.24. The molecule has 1 aromatic heterocycles. The first-order chi connectivity index (χ1) is 8.83. The molecule has 0 radical (unpaired) electrons. The van der Waals surface area contributed by atoms with Crippen LogP contribution >= 0.6 is 0 Å². The summed E-state index contributed by atoms with van der Waals surface area (Å²) in [6.07, 6.45) is 1.11. The molecule has 0 saturated carbocycles. The standard InChI is InChI=1S/C11H17FN2O4/c1-15-2-3-16-4-5-17-6-7-18-11-8-10(12)13-9-14-11/h8-9H,2-7H2,1H3. The average Bonchev–Trinajstić information content (AvgIpc) is 2.37. The molecule has 102 valence electrons. The Balaban J connectivity index is 1.92. The highest BCUT2D eigenvalue weighted by Crippen LogP contribution is 2.04. The van der Waals surface area contributed by atoms with Gasteiger partial charge in [0.25, 0.3) is 0 Å². The van der Waals surface area contributed by atoms with Crippen molar-refractivity contribution in [2.45, 2.75) is 0 Å². The maximum atomic E-state index is 12.7. The van der Waals surface area contributed by atoms with Crippen LogP contribution in [0.4, 0.5) is 4.39 Å². The van der Waals surface area contributed by atoms with Gasteiger partial charge in [-0.25, -0.2) is 9.97 Å². The van der Waals surface area contributed by atoms with Crippen molar-refractivity contribution in [3.8, 4) is 5.88 Å². The highest BCUT2D eigenvalue weighted by molar-refractivity contribution is 5.05. The summed E-state index contributed by atoms with van der Waals surface area (Å²) < 4.78 is 33.1. The minimum Gasteiger partial charge on any atom is -0.475 e. The lowest BCUT2D eigenvalue weighted by atomic mass is 10.6. The number of methoxy groups -OCH3 is 1. The molecule has 7 heteroatoms. The van der Waals surface area contributed by atoms with Crippen molar-refractivity contribution in [1.29, 1.82) is 0 Å². The Morgan fingerprint density at radius 2 is 1.67 bits per heavy atom. The minimum absolute atomic E-state index is 0.197. The second-order valence-electron chi connectivity index (χ2n) is 3.24. The van der Waals surface area contributed by atoms with Crippen molar-refractivity contribution in [1.82, 2.24) is 9.97 Å². The Morgan fingerprint density at radius 1 is 1.00 bits per heavy atom. The number of aromatic nitrogens is 2. The molecular weight excluding hydrogens is 243 g/mol. The fraction of sp³-hybridized carbons (Fsp3) is 0.636. The zero-order valence-electron chi connectivity index (χ0n) is 10.3. The number of rotatable bonds is 10. The summed E-state index contributed by atoms with van der Waals surface area (Å²) >= 11 is 0. The third kappa shape index (κ3) is 7.10. The highest BCUT2D eigenvalue weighted by atomic mass is 19.1. The SMILES string of the molecule is COCCOCCOCCOc1cc(F)ncn1.